The Morgan fingerprint density at radius 2 is 2.22 bits per heavy atom. The van der Waals surface area contributed by atoms with Gasteiger partial charge in [-0.25, -0.2) is 4.79 Å². The number of hydrogen-bond donors (Lipinski definition) is 0. The summed E-state index contributed by atoms with van der Waals surface area (Å²) in [7, 11) is 0. The molecule has 8 nitrogen and oxygen atoms in total. The number of hydrogen-bond acceptors (Lipinski definition) is 6. The fourth-order valence-corrected chi connectivity index (χ4v) is 1.18. The first-order valence-electron chi connectivity index (χ1n) is 5.10. The zero-order chi connectivity index (χ0) is 13.4. The normalized spacial score (nSPS) is 14.9. The predicted octanol–water partition coefficient (Wildman–Crippen LogP) is -1.18. The molecular formula is C10H12N2O6. The number of carbonyl (C=O) groups excluding carboxylic acids is 4. The van der Waals surface area contributed by atoms with Gasteiger partial charge in [0, 0.05) is 12.6 Å². The lowest BCUT2D eigenvalue weighted by atomic mass is 10.4. The molecule has 8 heteroatoms. The SMILES string of the molecule is O=CN(C=O)OC(=O)CCN1COCC=CC1=O. The average molecular weight is 256 g/mol. The van der Waals surface area contributed by atoms with E-state index in [4.69, 9.17) is 4.74 Å². The van der Waals surface area contributed by atoms with Crippen LogP contribution < -0.4 is 0 Å². The molecule has 1 aliphatic heterocycles. The molecule has 0 aliphatic carbocycles. The van der Waals surface area contributed by atoms with E-state index in [0.717, 1.165) is 0 Å². The zero-order valence-electron chi connectivity index (χ0n) is 9.48. The van der Waals surface area contributed by atoms with Gasteiger partial charge in [-0.2, -0.15) is 0 Å². The molecule has 1 heterocycles. The Morgan fingerprint density at radius 1 is 1.50 bits per heavy atom. The molecular weight excluding hydrogens is 244 g/mol. The Labute approximate surface area is 103 Å². The van der Waals surface area contributed by atoms with E-state index in [2.05, 4.69) is 4.84 Å². The molecule has 0 unspecified atom stereocenters. The van der Waals surface area contributed by atoms with Gasteiger partial charge in [0.1, 0.15) is 6.73 Å². The molecule has 18 heavy (non-hydrogen) atoms. The summed E-state index contributed by atoms with van der Waals surface area (Å²) in [5.74, 6) is -1.07. The number of imide groups is 1. The number of hydroxylamine groups is 2. The van der Waals surface area contributed by atoms with Gasteiger partial charge in [-0.15, -0.1) is 5.06 Å². The molecule has 0 saturated heterocycles. The molecule has 0 aromatic carbocycles. The van der Waals surface area contributed by atoms with Crippen molar-refractivity contribution in [2.45, 2.75) is 6.42 Å². The standard InChI is InChI=1S/C10H12N2O6/c13-6-12(7-14)18-10(16)3-4-11-8-17-5-1-2-9(11)15/h1-2,6-7H,3-5,8H2. The zero-order valence-corrected chi connectivity index (χ0v) is 9.48. The summed E-state index contributed by atoms with van der Waals surface area (Å²) >= 11 is 0. The predicted molar refractivity (Wildman–Crippen MR) is 56.3 cm³/mol. The van der Waals surface area contributed by atoms with Gasteiger partial charge in [0.15, 0.2) is 0 Å². The van der Waals surface area contributed by atoms with Crippen LogP contribution in [0.5, 0.6) is 0 Å². The second kappa shape index (κ2) is 7.17. The maximum atomic E-state index is 11.4. The summed E-state index contributed by atoms with van der Waals surface area (Å²) in [4.78, 5) is 48.7. The third-order valence-electron chi connectivity index (χ3n) is 2.03. The van der Waals surface area contributed by atoms with Crippen molar-refractivity contribution in [2.75, 3.05) is 19.9 Å². The molecule has 0 saturated carbocycles. The lowest BCUT2D eigenvalue weighted by Gasteiger charge is -2.18. The van der Waals surface area contributed by atoms with Crippen LogP contribution in [0.1, 0.15) is 6.42 Å². The second-order valence-corrected chi connectivity index (χ2v) is 3.29. The van der Waals surface area contributed by atoms with E-state index < -0.39 is 5.97 Å². The smallest absolute Gasteiger partial charge is 0.334 e. The molecule has 98 valence electrons. The Kier molecular flexibility index (Phi) is 5.52. The van der Waals surface area contributed by atoms with Crippen molar-refractivity contribution in [1.82, 2.24) is 9.96 Å². The average Bonchev–Trinajstić information content (AvgIpc) is 2.58. The molecule has 0 aromatic rings. The maximum Gasteiger partial charge on any atom is 0.334 e. The molecule has 0 atom stereocenters. The summed E-state index contributed by atoms with van der Waals surface area (Å²) in [5, 5.41) is 0.211. The molecule has 0 fully saturated rings. The van der Waals surface area contributed by atoms with E-state index in [1.807, 2.05) is 0 Å². The monoisotopic (exact) mass is 256 g/mol. The third kappa shape index (κ3) is 4.34. The van der Waals surface area contributed by atoms with Gasteiger partial charge in [0.2, 0.25) is 5.91 Å². The fourth-order valence-electron chi connectivity index (χ4n) is 1.18. The molecule has 0 N–H and O–H groups in total. The minimum absolute atomic E-state index is 0.0633. The first-order valence-corrected chi connectivity index (χ1v) is 5.10. The highest BCUT2D eigenvalue weighted by molar-refractivity contribution is 5.88. The van der Waals surface area contributed by atoms with E-state index in [1.54, 1.807) is 6.08 Å². The molecule has 1 aliphatic rings. The number of ether oxygens (including phenoxy) is 1. The molecule has 0 spiro atoms. The van der Waals surface area contributed by atoms with Crippen LogP contribution >= 0.6 is 0 Å². The summed E-state index contributed by atoms with van der Waals surface area (Å²) in [6, 6.07) is 0. The van der Waals surface area contributed by atoms with Crippen molar-refractivity contribution in [3.05, 3.63) is 12.2 Å². The van der Waals surface area contributed by atoms with Crippen LogP contribution in [0.4, 0.5) is 0 Å². The Hall–Kier alpha value is -2.22. The number of carbonyl (C=O) groups is 4. The molecule has 0 aromatic heterocycles. The van der Waals surface area contributed by atoms with Crippen molar-refractivity contribution in [2.24, 2.45) is 0 Å². The van der Waals surface area contributed by atoms with Gasteiger partial charge in [0.05, 0.1) is 13.0 Å². The first-order chi connectivity index (χ1) is 8.67. The molecule has 3 amide bonds. The fraction of sp³-hybridized carbons (Fsp3) is 0.400. The molecule has 0 radical (unpaired) electrons. The van der Waals surface area contributed by atoms with E-state index in [0.29, 0.717) is 6.61 Å². The van der Waals surface area contributed by atoms with Gasteiger partial charge in [0.25, 0.3) is 12.8 Å². The lowest BCUT2D eigenvalue weighted by molar-refractivity contribution is -0.190. The maximum absolute atomic E-state index is 11.4. The Morgan fingerprint density at radius 3 is 2.89 bits per heavy atom. The summed E-state index contributed by atoms with van der Waals surface area (Å²) in [5.41, 5.74) is 0. The van der Waals surface area contributed by atoms with Crippen LogP contribution in [0.25, 0.3) is 0 Å². The van der Waals surface area contributed by atoms with E-state index in [1.165, 1.54) is 11.0 Å². The van der Waals surface area contributed by atoms with Crippen LogP contribution in [-0.2, 0) is 28.8 Å². The third-order valence-corrected chi connectivity index (χ3v) is 2.03. The lowest BCUT2D eigenvalue weighted by Crippen LogP contribution is -2.34. The van der Waals surface area contributed by atoms with E-state index >= 15 is 0 Å². The summed E-state index contributed by atoms with van der Waals surface area (Å²) < 4.78 is 5.08. The highest BCUT2D eigenvalue weighted by atomic mass is 16.7. The summed E-state index contributed by atoms with van der Waals surface area (Å²) in [6.45, 7) is 0.481. The Balaban J connectivity index is 2.37. The minimum atomic E-state index is -0.796. The van der Waals surface area contributed by atoms with Gasteiger partial charge in [-0.05, 0) is 0 Å². The van der Waals surface area contributed by atoms with E-state index in [9.17, 15) is 19.2 Å². The number of nitrogens with zero attached hydrogens (tertiary/aromatic N) is 2. The van der Waals surface area contributed by atoms with Gasteiger partial charge < -0.3 is 14.5 Å². The highest BCUT2D eigenvalue weighted by Gasteiger charge is 2.16. The number of rotatable bonds is 6. The molecule has 1 rings (SSSR count). The van der Waals surface area contributed by atoms with E-state index in [-0.39, 0.29) is 43.5 Å². The van der Waals surface area contributed by atoms with Gasteiger partial charge in [-0.3, -0.25) is 14.4 Å². The van der Waals surface area contributed by atoms with Crippen LogP contribution in [0.3, 0.4) is 0 Å². The van der Waals surface area contributed by atoms with Crippen molar-refractivity contribution >= 4 is 24.7 Å². The highest BCUT2D eigenvalue weighted by Crippen LogP contribution is 2.01. The summed E-state index contributed by atoms with van der Waals surface area (Å²) in [6.07, 6.45) is 2.89. The van der Waals surface area contributed by atoms with Crippen LogP contribution in [0, 0.1) is 0 Å². The minimum Gasteiger partial charge on any atom is -0.357 e. The quantitative estimate of drug-likeness (QED) is 0.439. The number of amides is 3. The second-order valence-electron chi connectivity index (χ2n) is 3.29. The van der Waals surface area contributed by atoms with Crippen molar-refractivity contribution in [3.63, 3.8) is 0 Å². The largest absolute Gasteiger partial charge is 0.357 e. The first kappa shape index (κ1) is 13.8. The van der Waals surface area contributed by atoms with Crippen LogP contribution in [0.15, 0.2) is 12.2 Å². The molecule has 0 bridgehead atoms. The van der Waals surface area contributed by atoms with Crippen molar-refractivity contribution in [3.8, 4) is 0 Å². The van der Waals surface area contributed by atoms with Crippen LogP contribution in [-0.4, -0.2) is 54.5 Å². The Bertz CT molecular complexity index is 359. The van der Waals surface area contributed by atoms with Crippen molar-refractivity contribution < 1.29 is 28.8 Å². The van der Waals surface area contributed by atoms with Crippen LogP contribution in [0.2, 0.25) is 0 Å². The van der Waals surface area contributed by atoms with Crippen molar-refractivity contribution in [1.29, 1.82) is 0 Å². The van der Waals surface area contributed by atoms with Gasteiger partial charge >= 0.3 is 5.97 Å². The topological polar surface area (TPSA) is 93.2 Å². The van der Waals surface area contributed by atoms with Gasteiger partial charge in [-0.1, -0.05) is 6.08 Å².